The number of hydrogen-bond donors (Lipinski definition) is 3. The molecular formula is C18H14B4ClN7O2. The fraction of sp³-hybridized carbons (Fsp3) is 0. The molecule has 14 heteroatoms. The maximum atomic E-state index is 11.9. The van der Waals surface area contributed by atoms with Crippen molar-refractivity contribution >= 4 is 63.7 Å². The maximum absolute atomic E-state index is 11.9. The van der Waals surface area contributed by atoms with E-state index in [1.807, 2.05) is 0 Å². The number of halogens is 1. The summed E-state index contributed by atoms with van der Waals surface area (Å²) in [6.07, 6.45) is 6.86. The Balaban J connectivity index is 0.000000219. The third kappa shape index (κ3) is 7.28. The van der Waals surface area contributed by atoms with E-state index in [0.29, 0.717) is 38.7 Å². The van der Waals surface area contributed by atoms with Gasteiger partial charge in [0.15, 0.2) is 0 Å². The molecule has 5 N–H and O–H groups in total. The highest BCUT2D eigenvalue weighted by Crippen LogP contribution is 2.17. The lowest BCUT2D eigenvalue weighted by molar-refractivity contribution is 0.100. The van der Waals surface area contributed by atoms with Crippen molar-refractivity contribution in [1.82, 2.24) is 24.9 Å². The molecule has 0 atom stereocenters. The molecule has 32 heavy (non-hydrogen) atoms. The number of fused-ring (bicyclic) bond motifs is 1. The quantitative estimate of drug-likeness (QED) is 0.299. The summed E-state index contributed by atoms with van der Waals surface area (Å²) in [5.74, 6) is -0.0790. The van der Waals surface area contributed by atoms with Crippen molar-refractivity contribution in [3.05, 3.63) is 76.3 Å². The van der Waals surface area contributed by atoms with E-state index in [2.05, 4.69) is 48.1 Å². The van der Waals surface area contributed by atoms with Crippen LogP contribution in [-0.4, -0.2) is 60.4 Å². The number of nitrogens with one attached hydrogen (secondary N) is 1. The Morgan fingerprint density at radius 3 is 2.31 bits per heavy atom. The Morgan fingerprint density at radius 2 is 1.72 bits per heavy atom. The van der Waals surface area contributed by atoms with Gasteiger partial charge in [-0.3, -0.25) is 19.6 Å². The molecule has 4 aromatic heterocycles. The Morgan fingerprint density at radius 1 is 1.06 bits per heavy atom. The van der Waals surface area contributed by atoms with Crippen LogP contribution < -0.4 is 17.0 Å². The van der Waals surface area contributed by atoms with E-state index in [4.69, 9.17) is 23.1 Å². The number of H-pyrrole nitrogens is 1. The first kappa shape index (κ1) is 24.7. The standard InChI is InChI=1S/C12H7ClN4O.C6H7N3O.B4/c13-10-5-7(1-4-15-10)11-16-9-6-14-3-2-8(9)12(18)17-11;7-5-3-9-2-1-4(5)6(8)10;1-4(2)3/h1-6H,(H,16,17,18);1-3H,7H2,(H2,8,10);. The van der Waals surface area contributed by atoms with Crippen molar-refractivity contribution in [3.63, 3.8) is 0 Å². The fourth-order valence-corrected chi connectivity index (χ4v) is 2.48. The van der Waals surface area contributed by atoms with Gasteiger partial charge in [0.05, 0.1) is 34.5 Å². The minimum absolute atomic E-state index is 0.203. The number of nitrogens with two attached hydrogens (primary N) is 2. The van der Waals surface area contributed by atoms with Gasteiger partial charge in [-0.05, 0) is 24.3 Å². The Labute approximate surface area is 192 Å². The normalized spacial score (nSPS) is 9.66. The third-order valence-corrected chi connectivity index (χ3v) is 3.83. The van der Waals surface area contributed by atoms with Crippen molar-refractivity contribution < 1.29 is 4.79 Å². The number of aromatic amines is 1. The number of nitrogens with zero attached hydrogens (tertiary/aromatic N) is 4. The SMILES string of the molecule is NC(=O)c1ccncc1N.O=c1[nH]c(-c2ccnc(Cl)c2)nc2cnccc12.[B]B([B])[B]. The number of nitrogen functional groups attached to an aromatic ring is 1. The minimum Gasteiger partial charge on any atom is -0.397 e. The maximum Gasteiger partial charge on any atom is 0.259 e. The van der Waals surface area contributed by atoms with Gasteiger partial charge in [0.2, 0.25) is 0 Å². The molecule has 0 aliphatic heterocycles. The predicted molar refractivity (Wildman–Crippen MR) is 129 cm³/mol. The third-order valence-electron chi connectivity index (χ3n) is 3.63. The molecule has 4 heterocycles. The number of aromatic nitrogens is 5. The molecule has 6 radical (unpaired) electrons. The molecular weight excluding hydrogens is 425 g/mol. The molecule has 0 saturated heterocycles. The van der Waals surface area contributed by atoms with Crippen LogP contribution >= 0.6 is 11.6 Å². The highest BCUT2D eigenvalue weighted by atomic mass is 35.5. The molecule has 1 amide bonds. The lowest BCUT2D eigenvalue weighted by Gasteiger charge is -2.02. The van der Waals surface area contributed by atoms with Crippen LogP contribution in [0.2, 0.25) is 5.15 Å². The summed E-state index contributed by atoms with van der Waals surface area (Å²) in [5, 5.41) is 0.857. The number of hydrogen-bond acceptors (Lipinski definition) is 7. The molecule has 0 aliphatic carbocycles. The zero-order chi connectivity index (χ0) is 23.7. The minimum atomic E-state index is -0.667. The molecule has 0 bridgehead atoms. The highest BCUT2D eigenvalue weighted by Gasteiger charge is 2.06. The van der Waals surface area contributed by atoms with Gasteiger partial charge >= 0.3 is 0 Å². The van der Waals surface area contributed by atoms with Gasteiger partial charge in [-0.15, -0.1) is 0 Å². The second-order valence-electron chi connectivity index (χ2n) is 6.08. The van der Waals surface area contributed by atoms with Crippen molar-refractivity contribution in [2.24, 2.45) is 5.73 Å². The summed E-state index contributed by atoms with van der Waals surface area (Å²) in [6.45, 7) is 0. The summed E-state index contributed by atoms with van der Waals surface area (Å²) < 4.78 is 0. The van der Waals surface area contributed by atoms with E-state index in [1.54, 1.807) is 36.8 Å². The molecule has 0 aromatic carbocycles. The Bertz CT molecular complexity index is 1270. The number of amides is 1. The first-order chi connectivity index (χ1) is 15.2. The lowest BCUT2D eigenvalue weighted by Crippen LogP contribution is -2.13. The van der Waals surface area contributed by atoms with Crippen molar-refractivity contribution in [2.45, 2.75) is 0 Å². The van der Waals surface area contributed by atoms with Crippen molar-refractivity contribution in [2.75, 3.05) is 5.73 Å². The van der Waals surface area contributed by atoms with Gasteiger partial charge in [-0.25, -0.2) is 9.97 Å². The number of carbonyl (C=O) groups excluding carboxylic acids is 1. The van der Waals surface area contributed by atoms with Crippen LogP contribution in [0.15, 0.2) is 60.0 Å². The van der Waals surface area contributed by atoms with Crippen LogP contribution in [-0.2, 0) is 0 Å². The predicted octanol–water partition coefficient (Wildman–Crippen LogP) is 0.273. The molecule has 0 spiro atoms. The van der Waals surface area contributed by atoms with Gasteiger partial charge in [0, 0.05) is 53.8 Å². The van der Waals surface area contributed by atoms with Crippen LogP contribution in [0.3, 0.4) is 0 Å². The number of carbonyl (C=O) groups is 1. The van der Waals surface area contributed by atoms with Crippen molar-refractivity contribution in [3.8, 4) is 11.4 Å². The highest BCUT2D eigenvalue weighted by molar-refractivity contribution is 7.49. The molecule has 4 aromatic rings. The smallest absolute Gasteiger partial charge is 0.259 e. The number of rotatable bonds is 2. The van der Waals surface area contributed by atoms with Crippen molar-refractivity contribution in [1.29, 1.82) is 0 Å². The number of anilines is 1. The zero-order valence-electron chi connectivity index (χ0n) is 16.6. The first-order valence-electron chi connectivity index (χ1n) is 8.91. The van der Waals surface area contributed by atoms with Gasteiger partial charge in [0.25, 0.3) is 11.5 Å². The monoisotopic (exact) mass is 439 g/mol. The largest absolute Gasteiger partial charge is 0.397 e. The second-order valence-corrected chi connectivity index (χ2v) is 6.47. The first-order valence-corrected chi connectivity index (χ1v) is 9.29. The van der Waals surface area contributed by atoms with Gasteiger partial charge in [-0.1, -0.05) is 11.6 Å². The summed E-state index contributed by atoms with van der Waals surface area (Å²) in [4.78, 5) is 41.0. The summed E-state index contributed by atoms with van der Waals surface area (Å²) in [6, 6.07) is 6.48. The topological polar surface area (TPSA) is 154 Å². The number of pyridine rings is 3. The average molecular weight is 439 g/mol. The van der Waals surface area contributed by atoms with Crippen LogP contribution in [0.1, 0.15) is 10.4 Å². The summed E-state index contributed by atoms with van der Waals surface area (Å²) in [5.41, 5.74) is 12.0. The Kier molecular flexibility index (Phi) is 9.03. The van der Waals surface area contributed by atoms with Gasteiger partial charge in [0.1, 0.15) is 11.0 Å². The van der Waals surface area contributed by atoms with Crippen LogP contribution in [0.5, 0.6) is 0 Å². The Hall–Kier alpha value is -3.59. The second kappa shape index (κ2) is 11.7. The number of primary amides is 1. The summed E-state index contributed by atoms with van der Waals surface area (Å²) in [7, 11) is 14.0. The molecule has 4 rings (SSSR count). The molecule has 9 nitrogen and oxygen atoms in total. The van der Waals surface area contributed by atoms with E-state index in [9.17, 15) is 9.59 Å². The van der Waals surface area contributed by atoms with E-state index >= 15 is 0 Å². The van der Waals surface area contributed by atoms with E-state index < -0.39 is 12.3 Å². The molecule has 152 valence electrons. The van der Waals surface area contributed by atoms with E-state index in [0.717, 1.165) is 0 Å². The summed E-state index contributed by atoms with van der Waals surface area (Å²) >= 11 is 5.81. The van der Waals surface area contributed by atoms with Crippen LogP contribution in [0, 0.1) is 0 Å². The lowest BCUT2D eigenvalue weighted by atomic mass is 9.08. The average Bonchev–Trinajstić information content (AvgIpc) is 2.74. The van der Waals surface area contributed by atoms with E-state index in [1.165, 1.54) is 18.5 Å². The van der Waals surface area contributed by atoms with Gasteiger partial charge < -0.3 is 16.5 Å². The molecule has 0 saturated carbocycles. The van der Waals surface area contributed by atoms with Crippen LogP contribution in [0.25, 0.3) is 22.3 Å². The molecule has 0 fully saturated rings. The van der Waals surface area contributed by atoms with Crippen LogP contribution in [0.4, 0.5) is 5.69 Å². The fourth-order valence-electron chi connectivity index (χ4n) is 2.31. The zero-order valence-corrected chi connectivity index (χ0v) is 17.4. The van der Waals surface area contributed by atoms with Gasteiger partial charge in [-0.2, -0.15) is 0 Å². The van der Waals surface area contributed by atoms with E-state index in [-0.39, 0.29) is 5.56 Å². The molecule has 0 aliphatic rings. The molecule has 0 unspecified atom stereocenters.